The lowest BCUT2D eigenvalue weighted by Gasteiger charge is -2.18. The second kappa shape index (κ2) is 7.25. The lowest BCUT2D eigenvalue weighted by atomic mass is 10.1. The van der Waals surface area contributed by atoms with Gasteiger partial charge >= 0.3 is 5.97 Å². The molecule has 0 saturated carbocycles. The smallest absolute Gasteiger partial charge is 0.314 e. The molecule has 5 nitrogen and oxygen atoms in total. The van der Waals surface area contributed by atoms with Crippen LogP contribution in [0.2, 0.25) is 0 Å². The molecule has 2 aromatic carbocycles. The Bertz CT molecular complexity index is 739. The Hall–Kier alpha value is -2.69. The zero-order chi connectivity index (χ0) is 16.9. The average molecular weight is 328 g/mol. The van der Waals surface area contributed by atoms with Gasteiger partial charge in [-0.3, -0.25) is 4.79 Å². The molecule has 2 aromatic rings. The third-order valence-electron chi connectivity index (χ3n) is 3.80. The number of hydrogen-bond acceptors (Lipinski definition) is 5. The first kappa shape index (κ1) is 16.2. The molecule has 0 amide bonds. The Morgan fingerprint density at radius 1 is 0.958 bits per heavy atom. The van der Waals surface area contributed by atoms with E-state index in [1.165, 1.54) is 5.56 Å². The number of fused-ring (bicyclic) bond motifs is 1. The maximum atomic E-state index is 11.9. The van der Waals surface area contributed by atoms with E-state index in [0.717, 1.165) is 11.3 Å². The zero-order valence-corrected chi connectivity index (χ0v) is 13.8. The number of hydrogen-bond donors (Lipinski definition) is 0. The zero-order valence-electron chi connectivity index (χ0n) is 13.8. The molecule has 24 heavy (non-hydrogen) atoms. The van der Waals surface area contributed by atoms with Crippen molar-refractivity contribution in [1.82, 2.24) is 0 Å². The standard InChI is InChI=1S/C19H20O5/c1-13-3-4-15(11-14(13)2)21-8-7-19(20)24-16-5-6-17-18(12-16)23-10-9-22-17/h3-6,11-12H,7-10H2,1-2H3. The van der Waals surface area contributed by atoms with Gasteiger partial charge in [-0.25, -0.2) is 0 Å². The van der Waals surface area contributed by atoms with E-state index in [1.807, 2.05) is 32.0 Å². The summed E-state index contributed by atoms with van der Waals surface area (Å²) in [5.74, 6) is 2.10. The first-order chi connectivity index (χ1) is 11.6. The SMILES string of the molecule is Cc1ccc(OCCC(=O)Oc2ccc3c(c2)OCCO3)cc1C. The molecule has 0 bridgehead atoms. The highest BCUT2D eigenvalue weighted by Gasteiger charge is 2.14. The number of aryl methyl sites for hydroxylation is 2. The number of carbonyl (C=O) groups is 1. The molecule has 0 aromatic heterocycles. The normalized spacial score (nSPS) is 12.6. The third kappa shape index (κ3) is 3.98. The van der Waals surface area contributed by atoms with Gasteiger partial charge in [0.1, 0.15) is 24.7 Å². The quantitative estimate of drug-likeness (QED) is 0.621. The lowest BCUT2D eigenvalue weighted by Crippen LogP contribution is -2.16. The molecule has 0 fully saturated rings. The summed E-state index contributed by atoms with van der Waals surface area (Å²) in [6.45, 7) is 5.37. The second-order valence-corrected chi connectivity index (χ2v) is 5.62. The fraction of sp³-hybridized carbons (Fsp3) is 0.316. The first-order valence-electron chi connectivity index (χ1n) is 7.92. The maximum Gasteiger partial charge on any atom is 0.314 e. The van der Waals surface area contributed by atoms with E-state index in [9.17, 15) is 4.79 Å². The topological polar surface area (TPSA) is 54.0 Å². The van der Waals surface area contributed by atoms with Crippen LogP contribution in [0.3, 0.4) is 0 Å². The highest BCUT2D eigenvalue weighted by atomic mass is 16.6. The molecule has 126 valence electrons. The molecule has 1 aliphatic heterocycles. The predicted molar refractivity (Wildman–Crippen MR) is 89.1 cm³/mol. The summed E-state index contributed by atoms with van der Waals surface area (Å²) >= 11 is 0. The van der Waals surface area contributed by atoms with Crippen LogP contribution in [0.1, 0.15) is 17.5 Å². The monoisotopic (exact) mass is 328 g/mol. The Labute approximate surface area is 141 Å². The molecule has 1 aliphatic rings. The number of ether oxygens (including phenoxy) is 4. The van der Waals surface area contributed by atoms with E-state index in [0.29, 0.717) is 30.5 Å². The van der Waals surface area contributed by atoms with Gasteiger partial charge in [0.2, 0.25) is 0 Å². The van der Waals surface area contributed by atoms with Crippen molar-refractivity contribution in [3.63, 3.8) is 0 Å². The number of carbonyl (C=O) groups excluding carboxylic acids is 1. The van der Waals surface area contributed by atoms with Crippen molar-refractivity contribution in [1.29, 1.82) is 0 Å². The first-order valence-corrected chi connectivity index (χ1v) is 7.92. The fourth-order valence-corrected chi connectivity index (χ4v) is 2.33. The van der Waals surface area contributed by atoms with Gasteiger partial charge in [0.05, 0.1) is 13.0 Å². The van der Waals surface area contributed by atoms with Crippen molar-refractivity contribution in [3.05, 3.63) is 47.5 Å². The van der Waals surface area contributed by atoms with Crippen LogP contribution < -0.4 is 18.9 Å². The number of rotatable bonds is 5. The van der Waals surface area contributed by atoms with Gasteiger partial charge < -0.3 is 18.9 Å². The van der Waals surface area contributed by atoms with Gasteiger partial charge in [-0.15, -0.1) is 0 Å². The van der Waals surface area contributed by atoms with Gasteiger partial charge in [0.15, 0.2) is 11.5 Å². The van der Waals surface area contributed by atoms with Gasteiger partial charge in [-0.1, -0.05) is 6.07 Å². The summed E-state index contributed by atoms with van der Waals surface area (Å²) < 4.78 is 21.8. The summed E-state index contributed by atoms with van der Waals surface area (Å²) in [6.07, 6.45) is 0.168. The summed E-state index contributed by atoms with van der Waals surface area (Å²) in [7, 11) is 0. The Morgan fingerprint density at radius 3 is 2.50 bits per heavy atom. The van der Waals surface area contributed by atoms with Crippen molar-refractivity contribution in [2.75, 3.05) is 19.8 Å². The summed E-state index contributed by atoms with van der Waals surface area (Å²) in [5.41, 5.74) is 2.37. The molecule has 0 N–H and O–H groups in total. The van der Waals surface area contributed by atoms with Crippen LogP contribution in [0, 0.1) is 13.8 Å². The molecule has 5 heteroatoms. The Kier molecular flexibility index (Phi) is 4.89. The maximum absolute atomic E-state index is 11.9. The minimum Gasteiger partial charge on any atom is -0.493 e. The Balaban J connectivity index is 1.49. The molecule has 0 atom stereocenters. The van der Waals surface area contributed by atoms with Crippen LogP contribution in [0.15, 0.2) is 36.4 Å². The highest BCUT2D eigenvalue weighted by molar-refractivity contribution is 5.72. The molecular weight excluding hydrogens is 308 g/mol. The van der Waals surface area contributed by atoms with E-state index in [4.69, 9.17) is 18.9 Å². The van der Waals surface area contributed by atoms with Crippen LogP contribution >= 0.6 is 0 Å². The van der Waals surface area contributed by atoms with Crippen LogP contribution in [0.4, 0.5) is 0 Å². The number of benzene rings is 2. The van der Waals surface area contributed by atoms with E-state index < -0.39 is 0 Å². The predicted octanol–water partition coefficient (Wildman–Crippen LogP) is 3.45. The van der Waals surface area contributed by atoms with Gasteiger partial charge in [-0.05, 0) is 49.2 Å². The van der Waals surface area contributed by atoms with Crippen molar-refractivity contribution in [3.8, 4) is 23.0 Å². The lowest BCUT2D eigenvalue weighted by molar-refractivity contribution is -0.134. The molecular formula is C19H20O5. The van der Waals surface area contributed by atoms with Crippen LogP contribution in [-0.4, -0.2) is 25.8 Å². The average Bonchev–Trinajstić information content (AvgIpc) is 2.58. The van der Waals surface area contributed by atoms with Crippen LogP contribution in [-0.2, 0) is 4.79 Å². The summed E-state index contributed by atoms with van der Waals surface area (Å²) in [5, 5.41) is 0. The van der Waals surface area contributed by atoms with Gasteiger partial charge in [0, 0.05) is 6.07 Å². The molecule has 0 radical (unpaired) electrons. The van der Waals surface area contributed by atoms with Crippen LogP contribution in [0.25, 0.3) is 0 Å². The highest BCUT2D eigenvalue weighted by Crippen LogP contribution is 2.33. The molecule has 0 aliphatic carbocycles. The number of esters is 1. The van der Waals surface area contributed by atoms with Crippen molar-refractivity contribution >= 4 is 5.97 Å². The van der Waals surface area contributed by atoms with Crippen molar-refractivity contribution < 1.29 is 23.7 Å². The van der Waals surface area contributed by atoms with E-state index in [-0.39, 0.29) is 19.0 Å². The second-order valence-electron chi connectivity index (χ2n) is 5.62. The van der Waals surface area contributed by atoms with E-state index in [2.05, 4.69) is 0 Å². The fourth-order valence-electron chi connectivity index (χ4n) is 2.33. The third-order valence-corrected chi connectivity index (χ3v) is 3.80. The van der Waals surface area contributed by atoms with Crippen LogP contribution in [0.5, 0.6) is 23.0 Å². The van der Waals surface area contributed by atoms with E-state index >= 15 is 0 Å². The minimum absolute atomic E-state index is 0.168. The molecule has 1 heterocycles. The van der Waals surface area contributed by atoms with E-state index in [1.54, 1.807) is 18.2 Å². The molecule has 0 saturated heterocycles. The minimum atomic E-state index is -0.351. The van der Waals surface area contributed by atoms with Gasteiger partial charge in [-0.2, -0.15) is 0 Å². The van der Waals surface area contributed by atoms with Crippen molar-refractivity contribution in [2.45, 2.75) is 20.3 Å². The Morgan fingerprint density at radius 2 is 1.71 bits per heavy atom. The summed E-state index contributed by atoms with van der Waals surface area (Å²) in [6, 6.07) is 10.9. The summed E-state index contributed by atoms with van der Waals surface area (Å²) in [4.78, 5) is 11.9. The molecule has 0 unspecified atom stereocenters. The molecule has 0 spiro atoms. The van der Waals surface area contributed by atoms with Gasteiger partial charge in [0.25, 0.3) is 0 Å². The van der Waals surface area contributed by atoms with Crippen molar-refractivity contribution in [2.24, 2.45) is 0 Å². The molecule has 3 rings (SSSR count). The largest absolute Gasteiger partial charge is 0.493 e.